The van der Waals surface area contributed by atoms with Crippen LogP contribution in [-0.4, -0.2) is 12.5 Å². The Morgan fingerprint density at radius 1 is 1.26 bits per heavy atom. The van der Waals surface area contributed by atoms with Crippen LogP contribution in [0.15, 0.2) is 18.2 Å². The number of rotatable bonds is 6. The van der Waals surface area contributed by atoms with Crippen LogP contribution in [0.25, 0.3) is 0 Å². The van der Waals surface area contributed by atoms with Crippen molar-refractivity contribution >= 4 is 5.91 Å². The number of hydrogen-bond donors (Lipinski definition) is 1. The molecule has 0 aliphatic heterocycles. The molecule has 2 unspecified atom stereocenters. The van der Waals surface area contributed by atoms with Crippen LogP contribution in [-0.2, 0) is 17.6 Å². The van der Waals surface area contributed by atoms with Crippen LogP contribution in [0.1, 0.15) is 56.2 Å². The number of aryl methyl sites for hydroxylation is 1. The van der Waals surface area contributed by atoms with Gasteiger partial charge in [0.05, 0.1) is 0 Å². The maximum Gasteiger partial charge on any atom is 0.219 e. The van der Waals surface area contributed by atoms with Gasteiger partial charge in [0, 0.05) is 13.0 Å². The van der Waals surface area contributed by atoms with E-state index in [1.165, 1.54) is 17.5 Å². The lowest BCUT2D eigenvalue weighted by molar-refractivity contribution is -0.120. The number of benzene rings is 1. The van der Waals surface area contributed by atoms with E-state index in [4.69, 9.17) is 0 Å². The second-order valence-electron chi connectivity index (χ2n) is 5.45. The van der Waals surface area contributed by atoms with E-state index in [-0.39, 0.29) is 5.91 Å². The van der Waals surface area contributed by atoms with Gasteiger partial charge in [0.1, 0.15) is 0 Å². The van der Waals surface area contributed by atoms with Crippen molar-refractivity contribution in [3.8, 4) is 0 Å². The van der Waals surface area contributed by atoms with E-state index in [2.05, 4.69) is 37.4 Å². The molecule has 0 saturated heterocycles. The summed E-state index contributed by atoms with van der Waals surface area (Å²) in [6, 6.07) is 6.72. The van der Waals surface area contributed by atoms with Crippen molar-refractivity contribution in [1.82, 2.24) is 5.32 Å². The lowest BCUT2D eigenvalue weighted by Crippen LogP contribution is -2.24. The molecule has 2 heteroatoms. The van der Waals surface area contributed by atoms with Crippen molar-refractivity contribution in [1.29, 1.82) is 0 Å². The Bertz CT molecular complexity index is 453. The van der Waals surface area contributed by atoms with Crippen molar-refractivity contribution in [2.45, 2.75) is 52.4 Å². The molecule has 19 heavy (non-hydrogen) atoms. The molecule has 1 aromatic carbocycles. The van der Waals surface area contributed by atoms with Gasteiger partial charge < -0.3 is 5.32 Å². The van der Waals surface area contributed by atoms with E-state index >= 15 is 0 Å². The maximum absolute atomic E-state index is 11.3. The molecule has 104 valence electrons. The van der Waals surface area contributed by atoms with Crippen LogP contribution in [0.4, 0.5) is 0 Å². The SMILES string of the molecule is CCC(=O)NCC1CC1c1cccc(CC)c1CC. The highest BCUT2D eigenvalue weighted by atomic mass is 16.1. The van der Waals surface area contributed by atoms with E-state index in [1.54, 1.807) is 5.56 Å². The number of carbonyl (C=O) groups excluding carboxylic acids is 1. The minimum atomic E-state index is 0.170. The number of carbonyl (C=O) groups is 1. The minimum absolute atomic E-state index is 0.170. The summed E-state index contributed by atoms with van der Waals surface area (Å²) in [7, 11) is 0. The highest BCUT2D eigenvalue weighted by Gasteiger charge is 2.39. The van der Waals surface area contributed by atoms with E-state index in [0.717, 1.165) is 19.4 Å². The molecule has 1 aromatic rings. The fraction of sp³-hybridized carbons (Fsp3) is 0.588. The van der Waals surface area contributed by atoms with Crippen LogP contribution < -0.4 is 5.32 Å². The van der Waals surface area contributed by atoms with E-state index in [0.29, 0.717) is 18.3 Å². The summed E-state index contributed by atoms with van der Waals surface area (Å²) >= 11 is 0. The van der Waals surface area contributed by atoms with E-state index in [9.17, 15) is 4.79 Å². The first-order valence-electron chi connectivity index (χ1n) is 7.58. The molecular weight excluding hydrogens is 234 g/mol. The zero-order valence-corrected chi connectivity index (χ0v) is 12.3. The molecule has 1 fully saturated rings. The number of amides is 1. The van der Waals surface area contributed by atoms with E-state index in [1.807, 2.05) is 6.92 Å². The summed E-state index contributed by atoms with van der Waals surface area (Å²) in [5.41, 5.74) is 4.56. The Kier molecular flexibility index (Phi) is 4.62. The Morgan fingerprint density at radius 2 is 2.05 bits per heavy atom. The summed E-state index contributed by atoms with van der Waals surface area (Å²) in [6.45, 7) is 7.22. The molecule has 1 N–H and O–H groups in total. The summed E-state index contributed by atoms with van der Waals surface area (Å²) in [5.74, 6) is 1.48. The quantitative estimate of drug-likeness (QED) is 0.833. The maximum atomic E-state index is 11.3. The first-order chi connectivity index (χ1) is 9.21. The van der Waals surface area contributed by atoms with Crippen LogP contribution in [0.5, 0.6) is 0 Å². The molecule has 0 aromatic heterocycles. The van der Waals surface area contributed by atoms with Crippen molar-refractivity contribution in [2.75, 3.05) is 6.54 Å². The molecule has 2 rings (SSSR count). The van der Waals surface area contributed by atoms with Crippen LogP contribution >= 0.6 is 0 Å². The van der Waals surface area contributed by atoms with Gasteiger partial charge in [-0.25, -0.2) is 0 Å². The zero-order chi connectivity index (χ0) is 13.8. The van der Waals surface area contributed by atoms with Gasteiger partial charge in [-0.2, -0.15) is 0 Å². The summed E-state index contributed by atoms with van der Waals surface area (Å²) in [4.78, 5) is 11.3. The summed E-state index contributed by atoms with van der Waals surface area (Å²) in [6.07, 6.45) is 4.04. The van der Waals surface area contributed by atoms with Gasteiger partial charge >= 0.3 is 0 Å². The molecule has 0 radical (unpaired) electrons. The highest BCUT2D eigenvalue weighted by molar-refractivity contribution is 5.75. The Labute approximate surface area is 116 Å². The zero-order valence-electron chi connectivity index (χ0n) is 12.3. The Hall–Kier alpha value is -1.31. The smallest absolute Gasteiger partial charge is 0.219 e. The first kappa shape index (κ1) is 14.1. The van der Waals surface area contributed by atoms with Crippen molar-refractivity contribution in [3.05, 3.63) is 34.9 Å². The molecule has 0 heterocycles. The average molecular weight is 259 g/mol. The lowest BCUT2D eigenvalue weighted by Gasteiger charge is -2.12. The normalized spacial score (nSPS) is 21.2. The van der Waals surface area contributed by atoms with Crippen LogP contribution in [0.3, 0.4) is 0 Å². The molecule has 2 atom stereocenters. The predicted octanol–water partition coefficient (Wildman–Crippen LogP) is 3.44. The number of hydrogen-bond acceptors (Lipinski definition) is 1. The topological polar surface area (TPSA) is 29.1 Å². The Morgan fingerprint density at radius 3 is 2.68 bits per heavy atom. The fourth-order valence-electron chi connectivity index (χ4n) is 2.99. The standard InChI is InChI=1S/C17H25NO/c1-4-12-8-7-9-15(14(12)5-2)16-10-13(16)11-18-17(19)6-3/h7-9,13,16H,4-6,10-11H2,1-3H3,(H,18,19). The molecule has 1 amide bonds. The van der Waals surface area contributed by atoms with Crippen molar-refractivity contribution in [2.24, 2.45) is 5.92 Å². The highest BCUT2D eigenvalue weighted by Crippen LogP contribution is 2.48. The van der Waals surface area contributed by atoms with Gasteiger partial charge in [-0.3, -0.25) is 4.79 Å². The second-order valence-corrected chi connectivity index (χ2v) is 5.45. The third kappa shape index (κ3) is 3.17. The van der Waals surface area contributed by atoms with E-state index < -0.39 is 0 Å². The summed E-state index contributed by atoms with van der Waals surface area (Å²) in [5, 5.41) is 3.02. The Balaban J connectivity index is 2.02. The first-order valence-corrected chi connectivity index (χ1v) is 7.58. The monoisotopic (exact) mass is 259 g/mol. The van der Waals surface area contributed by atoms with Gasteiger partial charge in [-0.1, -0.05) is 39.0 Å². The molecule has 0 spiro atoms. The third-order valence-electron chi connectivity index (χ3n) is 4.25. The minimum Gasteiger partial charge on any atom is -0.356 e. The van der Waals surface area contributed by atoms with Gasteiger partial charge in [0.25, 0.3) is 0 Å². The van der Waals surface area contributed by atoms with Crippen molar-refractivity contribution in [3.63, 3.8) is 0 Å². The third-order valence-corrected chi connectivity index (χ3v) is 4.25. The van der Waals surface area contributed by atoms with Gasteiger partial charge in [0.2, 0.25) is 5.91 Å². The number of nitrogens with one attached hydrogen (secondary N) is 1. The molecule has 1 saturated carbocycles. The average Bonchev–Trinajstić information content (AvgIpc) is 3.23. The second kappa shape index (κ2) is 6.23. The summed E-state index contributed by atoms with van der Waals surface area (Å²) < 4.78 is 0. The molecule has 1 aliphatic rings. The predicted molar refractivity (Wildman–Crippen MR) is 79.3 cm³/mol. The molecular formula is C17H25NO. The largest absolute Gasteiger partial charge is 0.356 e. The van der Waals surface area contributed by atoms with Gasteiger partial charge in [-0.15, -0.1) is 0 Å². The molecule has 1 aliphatic carbocycles. The molecule has 0 bridgehead atoms. The lowest BCUT2D eigenvalue weighted by atomic mass is 9.94. The van der Waals surface area contributed by atoms with Gasteiger partial charge in [-0.05, 0) is 47.8 Å². The van der Waals surface area contributed by atoms with Crippen molar-refractivity contribution < 1.29 is 4.79 Å². The van der Waals surface area contributed by atoms with Crippen LogP contribution in [0, 0.1) is 5.92 Å². The fourth-order valence-corrected chi connectivity index (χ4v) is 2.99. The van der Waals surface area contributed by atoms with Crippen LogP contribution in [0.2, 0.25) is 0 Å². The van der Waals surface area contributed by atoms with Gasteiger partial charge in [0.15, 0.2) is 0 Å². The molecule has 2 nitrogen and oxygen atoms in total.